The Morgan fingerprint density at radius 2 is 1.86 bits per heavy atom. The number of aliphatic hydroxyl groups is 1. The molecule has 128 valence electrons. The maximum Gasteiger partial charge on any atom is 0.305 e. The van der Waals surface area contributed by atoms with Crippen LogP contribution < -0.4 is 5.32 Å². The Bertz CT molecular complexity index is 372. The van der Waals surface area contributed by atoms with E-state index in [2.05, 4.69) is 33.0 Å². The van der Waals surface area contributed by atoms with Crippen LogP contribution in [0.15, 0.2) is 12.2 Å². The molecule has 0 amide bonds. The van der Waals surface area contributed by atoms with E-state index in [1.54, 1.807) is 0 Å². The van der Waals surface area contributed by atoms with Crippen molar-refractivity contribution in [3.8, 4) is 0 Å². The zero-order chi connectivity index (χ0) is 16.8. The van der Waals surface area contributed by atoms with Gasteiger partial charge < -0.3 is 15.2 Å². The van der Waals surface area contributed by atoms with E-state index < -0.39 is 0 Å². The molecule has 2 N–H and O–H groups in total. The van der Waals surface area contributed by atoms with Crippen LogP contribution in [0.4, 0.5) is 0 Å². The normalized spacial score (nSPS) is 26.7. The van der Waals surface area contributed by atoms with Gasteiger partial charge in [0.15, 0.2) is 0 Å². The predicted molar refractivity (Wildman–Crippen MR) is 89.7 cm³/mol. The third kappa shape index (κ3) is 7.41. The highest BCUT2D eigenvalue weighted by molar-refractivity contribution is 5.69. The number of piperidine rings is 1. The quantitative estimate of drug-likeness (QED) is 0.606. The Morgan fingerprint density at radius 1 is 1.27 bits per heavy atom. The number of allylic oxidation sites excluding steroid dienone is 1. The van der Waals surface area contributed by atoms with E-state index in [1.807, 2.05) is 19.1 Å². The van der Waals surface area contributed by atoms with Gasteiger partial charge in [0.2, 0.25) is 0 Å². The SMILES string of the molecule is CCC(=O)OC1CC(C)(C)NC(C)(C)C1.OC1C=CCCC1. The second-order valence-electron chi connectivity index (χ2n) is 7.69. The summed E-state index contributed by atoms with van der Waals surface area (Å²) in [6.45, 7) is 10.4. The second kappa shape index (κ2) is 8.11. The topological polar surface area (TPSA) is 58.6 Å². The molecule has 22 heavy (non-hydrogen) atoms. The van der Waals surface area contributed by atoms with E-state index in [0.29, 0.717) is 6.42 Å². The van der Waals surface area contributed by atoms with Crippen molar-refractivity contribution in [3.05, 3.63) is 12.2 Å². The smallest absolute Gasteiger partial charge is 0.305 e. The van der Waals surface area contributed by atoms with Crippen LogP contribution in [0.1, 0.15) is 73.1 Å². The molecule has 0 saturated carbocycles. The van der Waals surface area contributed by atoms with Gasteiger partial charge in [-0.2, -0.15) is 0 Å². The molecular formula is C18H33NO3. The summed E-state index contributed by atoms with van der Waals surface area (Å²) in [6.07, 6.45) is 9.32. The zero-order valence-corrected chi connectivity index (χ0v) is 14.8. The number of ether oxygens (including phenoxy) is 1. The molecule has 1 fully saturated rings. The number of rotatable bonds is 2. The molecule has 1 aliphatic carbocycles. The van der Waals surface area contributed by atoms with Crippen molar-refractivity contribution in [2.45, 2.75) is 96.4 Å². The highest BCUT2D eigenvalue weighted by atomic mass is 16.5. The lowest BCUT2D eigenvalue weighted by atomic mass is 9.81. The van der Waals surface area contributed by atoms with Gasteiger partial charge in [-0.05, 0) is 47.0 Å². The Hall–Kier alpha value is -0.870. The Morgan fingerprint density at radius 3 is 2.23 bits per heavy atom. The third-order valence-electron chi connectivity index (χ3n) is 3.97. The molecule has 0 aromatic rings. The van der Waals surface area contributed by atoms with Crippen LogP contribution in [0.25, 0.3) is 0 Å². The summed E-state index contributed by atoms with van der Waals surface area (Å²) in [5, 5.41) is 12.4. The minimum Gasteiger partial charge on any atom is -0.462 e. The molecule has 1 atom stereocenters. The summed E-state index contributed by atoms with van der Waals surface area (Å²) in [6, 6.07) is 0. The molecule has 4 nitrogen and oxygen atoms in total. The van der Waals surface area contributed by atoms with Crippen molar-refractivity contribution in [3.63, 3.8) is 0 Å². The number of esters is 1. The van der Waals surface area contributed by atoms with Gasteiger partial charge in [0.1, 0.15) is 6.10 Å². The van der Waals surface area contributed by atoms with Crippen molar-refractivity contribution >= 4 is 5.97 Å². The maximum absolute atomic E-state index is 11.3. The van der Waals surface area contributed by atoms with Crippen molar-refractivity contribution in [1.29, 1.82) is 0 Å². The van der Waals surface area contributed by atoms with Gasteiger partial charge in [-0.25, -0.2) is 0 Å². The predicted octanol–water partition coefficient (Wildman–Crippen LogP) is 3.34. The molecule has 2 rings (SSSR count). The van der Waals surface area contributed by atoms with Crippen molar-refractivity contribution < 1.29 is 14.6 Å². The minimum absolute atomic E-state index is 0.0421. The fourth-order valence-electron chi connectivity index (χ4n) is 3.38. The van der Waals surface area contributed by atoms with Crippen LogP contribution in [-0.4, -0.2) is 34.4 Å². The molecule has 0 spiro atoms. The number of aliphatic hydroxyl groups excluding tert-OH is 1. The minimum atomic E-state index is -0.145. The van der Waals surface area contributed by atoms with E-state index in [1.165, 1.54) is 0 Å². The van der Waals surface area contributed by atoms with Crippen LogP contribution in [0, 0.1) is 0 Å². The number of carbonyl (C=O) groups is 1. The summed E-state index contributed by atoms with van der Waals surface area (Å²) < 4.78 is 5.43. The van der Waals surface area contributed by atoms with E-state index in [0.717, 1.165) is 32.1 Å². The molecule has 2 aliphatic rings. The monoisotopic (exact) mass is 311 g/mol. The van der Waals surface area contributed by atoms with Crippen LogP contribution in [0.3, 0.4) is 0 Å². The first-order valence-corrected chi connectivity index (χ1v) is 8.47. The van der Waals surface area contributed by atoms with Gasteiger partial charge in [-0.3, -0.25) is 4.79 Å². The molecule has 1 heterocycles. The average molecular weight is 311 g/mol. The third-order valence-corrected chi connectivity index (χ3v) is 3.97. The van der Waals surface area contributed by atoms with Gasteiger partial charge in [0.25, 0.3) is 0 Å². The van der Waals surface area contributed by atoms with Crippen molar-refractivity contribution in [2.75, 3.05) is 0 Å². The fourth-order valence-corrected chi connectivity index (χ4v) is 3.38. The first-order valence-electron chi connectivity index (χ1n) is 8.47. The second-order valence-corrected chi connectivity index (χ2v) is 7.69. The van der Waals surface area contributed by atoms with Crippen LogP contribution in [-0.2, 0) is 9.53 Å². The summed E-state index contributed by atoms with van der Waals surface area (Å²) in [5.74, 6) is -0.0894. The van der Waals surface area contributed by atoms with E-state index in [-0.39, 0.29) is 29.3 Å². The molecule has 1 unspecified atom stereocenters. The molecule has 0 radical (unpaired) electrons. The molecule has 1 saturated heterocycles. The lowest BCUT2D eigenvalue weighted by molar-refractivity contribution is -0.152. The molecule has 1 aliphatic heterocycles. The van der Waals surface area contributed by atoms with Crippen molar-refractivity contribution in [2.24, 2.45) is 0 Å². The summed E-state index contributed by atoms with van der Waals surface area (Å²) in [5.41, 5.74) is 0.0842. The van der Waals surface area contributed by atoms with Crippen LogP contribution >= 0.6 is 0 Å². The maximum atomic E-state index is 11.3. The number of nitrogens with one attached hydrogen (secondary N) is 1. The van der Waals surface area contributed by atoms with Crippen LogP contribution in [0.5, 0.6) is 0 Å². The largest absolute Gasteiger partial charge is 0.462 e. The number of hydrogen-bond acceptors (Lipinski definition) is 4. The number of carbonyl (C=O) groups excluding carboxylic acids is 1. The van der Waals surface area contributed by atoms with Gasteiger partial charge in [-0.15, -0.1) is 0 Å². The van der Waals surface area contributed by atoms with E-state index in [4.69, 9.17) is 9.84 Å². The highest BCUT2D eigenvalue weighted by Gasteiger charge is 2.39. The van der Waals surface area contributed by atoms with E-state index in [9.17, 15) is 4.79 Å². The lowest BCUT2D eigenvalue weighted by Crippen LogP contribution is -2.59. The van der Waals surface area contributed by atoms with Gasteiger partial charge in [0, 0.05) is 30.3 Å². The molecule has 4 heteroatoms. The average Bonchev–Trinajstić information content (AvgIpc) is 2.36. The van der Waals surface area contributed by atoms with Crippen LogP contribution in [0.2, 0.25) is 0 Å². The lowest BCUT2D eigenvalue weighted by Gasteiger charge is -2.45. The Labute approximate surface area is 135 Å². The summed E-state index contributed by atoms with van der Waals surface area (Å²) in [7, 11) is 0. The first-order chi connectivity index (χ1) is 10.1. The van der Waals surface area contributed by atoms with Crippen molar-refractivity contribution in [1.82, 2.24) is 5.32 Å². The summed E-state index contributed by atoms with van der Waals surface area (Å²) in [4.78, 5) is 11.3. The fraction of sp³-hybridized carbons (Fsp3) is 0.833. The molecule has 0 bridgehead atoms. The van der Waals surface area contributed by atoms with Gasteiger partial charge >= 0.3 is 5.97 Å². The standard InChI is InChI=1S/C12H23NO2.C6H10O/c1-6-10(14)15-9-7-11(2,3)13-12(4,5)8-9;7-6-4-2-1-3-5-6/h9,13H,6-8H2,1-5H3;2,4,6-7H,1,3,5H2. The molecule has 0 aromatic heterocycles. The first kappa shape index (κ1) is 19.2. The van der Waals surface area contributed by atoms with E-state index >= 15 is 0 Å². The Kier molecular flexibility index (Phi) is 7.07. The zero-order valence-electron chi connectivity index (χ0n) is 14.8. The molecular weight excluding hydrogens is 278 g/mol. The molecule has 0 aromatic carbocycles. The van der Waals surface area contributed by atoms with Gasteiger partial charge in [0.05, 0.1) is 6.10 Å². The van der Waals surface area contributed by atoms with Gasteiger partial charge in [-0.1, -0.05) is 19.1 Å². The Balaban J connectivity index is 0.000000287. The summed E-state index contributed by atoms with van der Waals surface area (Å²) >= 11 is 0. The highest BCUT2D eigenvalue weighted by Crippen LogP contribution is 2.30. The number of hydrogen-bond donors (Lipinski definition) is 2.